The molecule has 1 heterocycles. The van der Waals surface area contributed by atoms with Gasteiger partial charge in [-0.25, -0.2) is 0 Å². The van der Waals surface area contributed by atoms with E-state index >= 15 is 0 Å². The molecule has 1 saturated heterocycles. The van der Waals surface area contributed by atoms with Crippen LogP contribution in [-0.4, -0.2) is 50.1 Å². The predicted molar refractivity (Wildman–Crippen MR) is 92.9 cm³/mol. The first-order valence-corrected chi connectivity index (χ1v) is 8.17. The third kappa shape index (κ3) is 6.81. The normalized spacial score (nSPS) is 17.8. The first-order valence-electron chi connectivity index (χ1n) is 8.17. The number of nitriles is 1. The standard InChI is InChI=1S/C16H21N3O.C2H7N/c1-13(10-14-6-3-2-4-7-14)18-12-16(20)19-9-5-8-15(19)11-17;1-3-2/h2-4,6-7,13,15,18H,5,8-10,12H2,1H3;3H,1-2H3/t13-,15-;/m0./s1. The van der Waals surface area contributed by atoms with E-state index in [2.05, 4.69) is 35.8 Å². The molecule has 0 radical (unpaired) electrons. The van der Waals surface area contributed by atoms with Crippen LogP contribution in [0.5, 0.6) is 0 Å². The Kier molecular flexibility index (Phi) is 8.96. The number of benzene rings is 1. The fraction of sp³-hybridized carbons (Fsp3) is 0.556. The van der Waals surface area contributed by atoms with E-state index in [1.54, 1.807) is 4.90 Å². The number of nitrogens with zero attached hydrogens (tertiary/aromatic N) is 2. The van der Waals surface area contributed by atoms with Gasteiger partial charge in [0.15, 0.2) is 0 Å². The summed E-state index contributed by atoms with van der Waals surface area (Å²) in [5.74, 6) is 0.0361. The zero-order valence-corrected chi connectivity index (χ0v) is 14.4. The number of hydrogen-bond acceptors (Lipinski definition) is 4. The molecule has 5 nitrogen and oxygen atoms in total. The third-order valence-corrected chi connectivity index (χ3v) is 3.71. The molecule has 1 amide bonds. The average molecular weight is 316 g/mol. The Balaban J connectivity index is 0.000000816. The van der Waals surface area contributed by atoms with E-state index in [1.807, 2.05) is 32.3 Å². The van der Waals surface area contributed by atoms with Crippen LogP contribution in [0.1, 0.15) is 25.3 Å². The largest absolute Gasteiger partial charge is 0.326 e. The van der Waals surface area contributed by atoms with Crippen LogP contribution in [0.15, 0.2) is 30.3 Å². The summed E-state index contributed by atoms with van der Waals surface area (Å²) in [7, 11) is 3.75. The summed E-state index contributed by atoms with van der Waals surface area (Å²) in [6.07, 6.45) is 2.64. The molecule has 126 valence electrons. The van der Waals surface area contributed by atoms with Gasteiger partial charge in [0.05, 0.1) is 12.6 Å². The maximum Gasteiger partial charge on any atom is 0.237 e. The molecule has 1 aromatic rings. The molecule has 5 heteroatoms. The zero-order valence-electron chi connectivity index (χ0n) is 14.4. The minimum atomic E-state index is -0.228. The minimum Gasteiger partial charge on any atom is -0.326 e. The van der Waals surface area contributed by atoms with Gasteiger partial charge in [-0.15, -0.1) is 0 Å². The summed E-state index contributed by atoms with van der Waals surface area (Å²) in [5, 5.41) is 15.0. The van der Waals surface area contributed by atoms with E-state index in [-0.39, 0.29) is 18.0 Å². The van der Waals surface area contributed by atoms with Crippen molar-refractivity contribution in [2.75, 3.05) is 27.2 Å². The highest BCUT2D eigenvalue weighted by molar-refractivity contribution is 5.79. The quantitative estimate of drug-likeness (QED) is 0.865. The molecule has 0 aromatic heterocycles. The minimum absolute atomic E-state index is 0.0361. The SMILES string of the molecule is CNC.C[C@@H](Cc1ccccc1)NCC(=O)N1CCC[C@H]1C#N. The maximum absolute atomic E-state index is 12.1. The number of rotatable bonds is 5. The number of nitrogens with one attached hydrogen (secondary N) is 2. The summed E-state index contributed by atoms with van der Waals surface area (Å²) in [6.45, 7) is 3.10. The van der Waals surface area contributed by atoms with Crippen LogP contribution in [0.2, 0.25) is 0 Å². The molecular formula is C18H28N4O. The molecule has 1 aromatic carbocycles. The second-order valence-electron chi connectivity index (χ2n) is 5.85. The van der Waals surface area contributed by atoms with Crippen molar-refractivity contribution in [2.45, 2.75) is 38.3 Å². The van der Waals surface area contributed by atoms with E-state index in [0.29, 0.717) is 13.1 Å². The Hall–Kier alpha value is -1.90. The van der Waals surface area contributed by atoms with E-state index in [4.69, 9.17) is 5.26 Å². The highest BCUT2D eigenvalue weighted by atomic mass is 16.2. The second kappa shape index (κ2) is 10.8. The Morgan fingerprint density at radius 3 is 2.65 bits per heavy atom. The van der Waals surface area contributed by atoms with Crippen LogP contribution < -0.4 is 10.6 Å². The van der Waals surface area contributed by atoms with Crippen LogP contribution >= 0.6 is 0 Å². The number of carbonyl (C=O) groups is 1. The summed E-state index contributed by atoms with van der Waals surface area (Å²) in [6, 6.07) is 12.4. The smallest absolute Gasteiger partial charge is 0.237 e. The molecule has 2 atom stereocenters. The first kappa shape index (κ1) is 19.1. The van der Waals surface area contributed by atoms with E-state index < -0.39 is 0 Å². The Labute approximate surface area is 139 Å². The van der Waals surface area contributed by atoms with Crippen LogP contribution in [0.4, 0.5) is 0 Å². The van der Waals surface area contributed by atoms with Crippen LogP contribution in [0.3, 0.4) is 0 Å². The van der Waals surface area contributed by atoms with Crippen molar-refractivity contribution in [3.05, 3.63) is 35.9 Å². The molecule has 0 aliphatic carbocycles. The van der Waals surface area contributed by atoms with Gasteiger partial charge in [-0.05, 0) is 45.8 Å². The summed E-state index contributed by atoms with van der Waals surface area (Å²) < 4.78 is 0. The number of carbonyl (C=O) groups excluding carboxylic acids is 1. The molecule has 1 fully saturated rings. The van der Waals surface area contributed by atoms with Crippen molar-refractivity contribution in [3.63, 3.8) is 0 Å². The second-order valence-corrected chi connectivity index (χ2v) is 5.85. The highest BCUT2D eigenvalue weighted by Crippen LogP contribution is 2.16. The van der Waals surface area contributed by atoms with E-state index in [9.17, 15) is 4.79 Å². The van der Waals surface area contributed by atoms with Crippen molar-refractivity contribution in [3.8, 4) is 6.07 Å². The Morgan fingerprint density at radius 1 is 1.39 bits per heavy atom. The van der Waals surface area contributed by atoms with Gasteiger partial charge >= 0.3 is 0 Å². The van der Waals surface area contributed by atoms with Crippen molar-refractivity contribution in [1.82, 2.24) is 15.5 Å². The molecule has 0 bridgehead atoms. The lowest BCUT2D eigenvalue weighted by atomic mass is 10.1. The van der Waals surface area contributed by atoms with Gasteiger partial charge in [0.25, 0.3) is 0 Å². The summed E-state index contributed by atoms with van der Waals surface area (Å²) in [4.78, 5) is 13.8. The third-order valence-electron chi connectivity index (χ3n) is 3.71. The molecule has 0 unspecified atom stereocenters. The van der Waals surface area contributed by atoms with E-state index in [0.717, 1.165) is 19.3 Å². The lowest BCUT2D eigenvalue weighted by Gasteiger charge is -2.21. The molecular weight excluding hydrogens is 288 g/mol. The highest BCUT2D eigenvalue weighted by Gasteiger charge is 2.28. The van der Waals surface area contributed by atoms with Gasteiger partial charge in [-0.3, -0.25) is 4.79 Å². The molecule has 1 aliphatic rings. The van der Waals surface area contributed by atoms with Gasteiger partial charge in [0.1, 0.15) is 6.04 Å². The van der Waals surface area contributed by atoms with E-state index in [1.165, 1.54) is 5.56 Å². The summed E-state index contributed by atoms with van der Waals surface area (Å²) >= 11 is 0. The lowest BCUT2D eigenvalue weighted by molar-refractivity contribution is -0.130. The first-order chi connectivity index (χ1) is 11.1. The predicted octanol–water partition coefficient (Wildman–Crippen LogP) is 1.56. The maximum atomic E-state index is 12.1. The molecule has 1 aliphatic heterocycles. The molecule has 2 rings (SSSR count). The van der Waals surface area contributed by atoms with Gasteiger partial charge in [-0.2, -0.15) is 5.26 Å². The topological polar surface area (TPSA) is 68.2 Å². The molecule has 0 spiro atoms. The number of likely N-dealkylation sites (tertiary alicyclic amines) is 1. The Bertz CT molecular complexity index is 497. The molecule has 2 N–H and O–H groups in total. The van der Waals surface area contributed by atoms with Gasteiger partial charge < -0.3 is 15.5 Å². The number of hydrogen-bond donors (Lipinski definition) is 2. The number of amides is 1. The molecule has 23 heavy (non-hydrogen) atoms. The fourth-order valence-corrected chi connectivity index (χ4v) is 2.60. The monoisotopic (exact) mass is 316 g/mol. The van der Waals surface area contributed by atoms with Crippen LogP contribution in [-0.2, 0) is 11.2 Å². The van der Waals surface area contributed by atoms with Crippen molar-refractivity contribution in [1.29, 1.82) is 5.26 Å². The van der Waals surface area contributed by atoms with Crippen LogP contribution in [0.25, 0.3) is 0 Å². The average Bonchev–Trinajstić information content (AvgIpc) is 3.03. The van der Waals surface area contributed by atoms with Crippen molar-refractivity contribution in [2.24, 2.45) is 0 Å². The van der Waals surface area contributed by atoms with Gasteiger partial charge in [0, 0.05) is 12.6 Å². The van der Waals surface area contributed by atoms with Gasteiger partial charge in [-0.1, -0.05) is 30.3 Å². The van der Waals surface area contributed by atoms with Crippen molar-refractivity contribution < 1.29 is 4.79 Å². The zero-order chi connectivity index (χ0) is 17.1. The van der Waals surface area contributed by atoms with Crippen LogP contribution in [0, 0.1) is 11.3 Å². The lowest BCUT2D eigenvalue weighted by Crippen LogP contribution is -2.43. The summed E-state index contributed by atoms with van der Waals surface area (Å²) in [5.41, 5.74) is 1.26. The van der Waals surface area contributed by atoms with Crippen molar-refractivity contribution >= 4 is 5.91 Å². The van der Waals surface area contributed by atoms with Gasteiger partial charge in [0.2, 0.25) is 5.91 Å². The molecule has 0 saturated carbocycles. The Morgan fingerprint density at radius 2 is 2.04 bits per heavy atom. The fourth-order valence-electron chi connectivity index (χ4n) is 2.60.